The molecular weight excluding hydrogens is 298 g/mol. The van der Waals surface area contributed by atoms with Crippen LogP contribution in [-0.4, -0.2) is 35.9 Å². The first-order chi connectivity index (χ1) is 10.6. The van der Waals surface area contributed by atoms with Crippen LogP contribution in [0.2, 0.25) is 0 Å². The molecule has 5 nitrogen and oxygen atoms in total. The predicted molar refractivity (Wildman–Crippen MR) is 90.7 cm³/mol. The highest BCUT2D eigenvalue weighted by Crippen LogP contribution is 2.38. The van der Waals surface area contributed by atoms with Crippen LogP contribution in [0.4, 0.5) is 10.8 Å². The minimum atomic E-state index is 0.128. The quantitative estimate of drug-likeness (QED) is 0.906. The van der Waals surface area contributed by atoms with E-state index in [1.165, 1.54) is 11.3 Å². The van der Waals surface area contributed by atoms with Gasteiger partial charge in [-0.1, -0.05) is 6.92 Å². The number of hydrogen-bond donors (Lipinski definition) is 2. The van der Waals surface area contributed by atoms with Gasteiger partial charge in [-0.2, -0.15) is 0 Å². The smallest absolute Gasteiger partial charge is 0.180 e. The lowest BCUT2D eigenvalue weighted by molar-refractivity contribution is 0.185. The molecule has 1 unspecified atom stereocenters. The molecule has 0 saturated heterocycles. The molecule has 0 bridgehead atoms. The summed E-state index contributed by atoms with van der Waals surface area (Å²) in [6, 6.07) is 6.10. The van der Waals surface area contributed by atoms with Crippen molar-refractivity contribution in [2.24, 2.45) is 0 Å². The lowest BCUT2D eigenvalue weighted by Gasteiger charge is -2.36. The first kappa shape index (κ1) is 15.1. The van der Waals surface area contributed by atoms with Crippen molar-refractivity contribution in [3.63, 3.8) is 0 Å². The lowest BCUT2D eigenvalue weighted by Crippen LogP contribution is -2.41. The Morgan fingerprint density at radius 2 is 2.32 bits per heavy atom. The summed E-state index contributed by atoms with van der Waals surface area (Å²) in [6.45, 7) is 5.67. The fourth-order valence-electron chi connectivity index (χ4n) is 2.80. The molecule has 0 spiro atoms. The molecule has 0 saturated carbocycles. The van der Waals surface area contributed by atoms with E-state index >= 15 is 0 Å². The molecule has 3 rings (SSSR count). The van der Waals surface area contributed by atoms with Crippen molar-refractivity contribution in [1.29, 1.82) is 0 Å². The van der Waals surface area contributed by atoms with Crippen molar-refractivity contribution in [3.8, 4) is 17.0 Å². The van der Waals surface area contributed by atoms with Crippen LogP contribution in [0.3, 0.4) is 0 Å². The van der Waals surface area contributed by atoms with Crippen LogP contribution in [0.25, 0.3) is 11.3 Å². The van der Waals surface area contributed by atoms with E-state index in [2.05, 4.69) is 22.9 Å². The summed E-state index contributed by atoms with van der Waals surface area (Å²) in [7, 11) is 0. The molecule has 0 amide bonds. The topological polar surface area (TPSA) is 71.6 Å². The molecule has 2 heterocycles. The number of nitrogens with zero attached hydrogens (tertiary/aromatic N) is 2. The van der Waals surface area contributed by atoms with Gasteiger partial charge in [-0.15, -0.1) is 11.3 Å². The third-order valence-corrected chi connectivity index (χ3v) is 4.73. The zero-order valence-electron chi connectivity index (χ0n) is 12.9. The minimum Gasteiger partial charge on any atom is -0.486 e. The van der Waals surface area contributed by atoms with Crippen molar-refractivity contribution in [2.45, 2.75) is 26.4 Å². The number of aromatic nitrogens is 1. The highest BCUT2D eigenvalue weighted by Gasteiger charge is 2.25. The highest BCUT2D eigenvalue weighted by molar-refractivity contribution is 7.15. The monoisotopic (exact) mass is 319 g/mol. The van der Waals surface area contributed by atoms with Gasteiger partial charge >= 0.3 is 0 Å². The molecule has 1 aromatic carbocycles. The molecule has 0 radical (unpaired) electrons. The normalized spacial score (nSPS) is 17.2. The highest BCUT2D eigenvalue weighted by atomic mass is 32.1. The summed E-state index contributed by atoms with van der Waals surface area (Å²) in [4.78, 5) is 7.71. The number of ether oxygens (including phenoxy) is 1. The van der Waals surface area contributed by atoms with E-state index in [0.29, 0.717) is 11.7 Å². The van der Waals surface area contributed by atoms with Gasteiger partial charge in [-0.05, 0) is 31.5 Å². The molecule has 1 aromatic heterocycles. The second-order valence-electron chi connectivity index (χ2n) is 5.46. The zero-order chi connectivity index (χ0) is 15.7. The van der Waals surface area contributed by atoms with Crippen molar-refractivity contribution < 1.29 is 9.84 Å². The van der Waals surface area contributed by atoms with E-state index in [-0.39, 0.29) is 12.7 Å². The summed E-state index contributed by atoms with van der Waals surface area (Å²) in [5.41, 5.74) is 8.78. The first-order valence-electron chi connectivity index (χ1n) is 7.52. The SMILES string of the molecule is CCC1CN(CCO)c2cc(-c3nc(N)sc3C)ccc2O1. The molecule has 22 heavy (non-hydrogen) atoms. The van der Waals surface area contributed by atoms with Gasteiger partial charge in [0.25, 0.3) is 0 Å². The number of nitrogens with two attached hydrogens (primary N) is 1. The van der Waals surface area contributed by atoms with Crippen LogP contribution in [0.5, 0.6) is 5.75 Å². The number of benzene rings is 1. The molecule has 3 N–H and O–H groups in total. The van der Waals surface area contributed by atoms with Gasteiger partial charge in [0.1, 0.15) is 11.9 Å². The first-order valence-corrected chi connectivity index (χ1v) is 8.33. The molecule has 1 aliphatic rings. The van der Waals surface area contributed by atoms with Crippen molar-refractivity contribution in [1.82, 2.24) is 4.98 Å². The molecule has 2 aromatic rings. The van der Waals surface area contributed by atoms with Crippen LogP contribution in [0.15, 0.2) is 18.2 Å². The number of fused-ring (bicyclic) bond motifs is 1. The van der Waals surface area contributed by atoms with E-state index < -0.39 is 0 Å². The lowest BCUT2D eigenvalue weighted by atomic mass is 10.1. The fourth-order valence-corrected chi connectivity index (χ4v) is 3.51. The van der Waals surface area contributed by atoms with Crippen molar-refractivity contribution >= 4 is 22.2 Å². The Balaban J connectivity index is 2.01. The second-order valence-corrected chi connectivity index (χ2v) is 6.69. The number of rotatable bonds is 4. The van der Waals surface area contributed by atoms with Gasteiger partial charge in [-0.3, -0.25) is 0 Å². The van der Waals surface area contributed by atoms with Crippen LogP contribution >= 0.6 is 11.3 Å². The van der Waals surface area contributed by atoms with Crippen LogP contribution in [-0.2, 0) is 0 Å². The Bertz CT molecular complexity index is 671. The summed E-state index contributed by atoms with van der Waals surface area (Å²) in [5.74, 6) is 0.871. The van der Waals surface area contributed by atoms with E-state index in [1.54, 1.807) is 0 Å². The zero-order valence-corrected chi connectivity index (χ0v) is 13.7. The molecule has 118 valence electrons. The Morgan fingerprint density at radius 3 is 2.95 bits per heavy atom. The predicted octanol–water partition coefficient (Wildman–Crippen LogP) is 2.67. The number of thiazole rings is 1. The van der Waals surface area contributed by atoms with Crippen LogP contribution < -0.4 is 15.4 Å². The van der Waals surface area contributed by atoms with E-state index in [4.69, 9.17) is 10.5 Å². The molecule has 1 aliphatic heterocycles. The van der Waals surface area contributed by atoms with Gasteiger partial charge < -0.3 is 20.5 Å². The summed E-state index contributed by atoms with van der Waals surface area (Å²) in [5, 5.41) is 9.91. The second kappa shape index (κ2) is 6.14. The molecule has 1 atom stereocenters. The van der Waals surface area contributed by atoms with Gasteiger partial charge in [0.2, 0.25) is 0 Å². The van der Waals surface area contributed by atoms with Gasteiger partial charge in [-0.25, -0.2) is 4.98 Å². The standard InChI is InChI=1S/C16H21N3O2S/c1-3-12-9-19(6-7-20)13-8-11(4-5-14(13)21-12)15-10(2)22-16(17)18-15/h4-5,8,12,20H,3,6-7,9H2,1-2H3,(H2,17,18). The third-order valence-electron chi connectivity index (χ3n) is 3.93. The van der Waals surface area contributed by atoms with Crippen LogP contribution in [0.1, 0.15) is 18.2 Å². The molecule has 0 fully saturated rings. The number of aliphatic hydroxyl groups excluding tert-OH is 1. The number of aryl methyl sites for hydroxylation is 1. The Morgan fingerprint density at radius 1 is 1.50 bits per heavy atom. The van der Waals surface area contributed by atoms with Crippen molar-refractivity contribution in [2.75, 3.05) is 30.3 Å². The fraction of sp³-hybridized carbons (Fsp3) is 0.438. The summed E-state index contributed by atoms with van der Waals surface area (Å²) in [6.07, 6.45) is 1.12. The maximum Gasteiger partial charge on any atom is 0.180 e. The Hall–Kier alpha value is -1.79. The van der Waals surface area contributed by atoms with Crippen LogP contribution in [0, 0.1) is 6.92 Å². The average Bonchev–Trinajstić information content (AvgIpc) is 2.85. The molecular formula is C16H21N3O2S. The summed E-state index contributed by atoms with van der Waals surface area (Å²) < 4.78 is 6.02. The number of aliphatic hydroxyl groups is 1. The molecule has 6 heteroatoms. The van der Waals surface area contributed by atoms with E-state index in [9.17, 15) is 5.11 Å². The van der Waals surface area contributed by atoms with Gasteiger partial charge in [0.05, 0.1) is 24.5 Å². The number of hydrogen-bond acceptors (Lipinski definition) is 6. The summed E-state index contributed by atoms with van der Waals surface area (Å²) >= 11 is 1.50. The molecule has 0 aliphatic carbocycles. The maximum absolute atomic E-state index is 9.33. The van der Waals surface area contributed by atoms with E-state index in [1.807, 2.05) is 19.1 Å². The third kappa shape index (κ3) is 2.76. The van der Waals surface area contributed by atoms with Gasteiger partial charge in [0, 0.05) is 17.0 Å². The maximum atomic E-state index is 9.33. The number of anilines is 2. The van der Waals surface area contributed by atoms with Crippen molar-refractivity contribution in [3.05, 3.63) is 23.1 Å². The number of nitrogen functional groups attached to an aromatic ring is 1. The number of β-amino-alcohol motifs (C(OH)–C–C–N with tert-alkyl or cyclic N) is 1. The Labute approximate surface area is 134 Å². The minimum absolute atomic E-state index is 0.128. The largest absolute Gasteiger partial charge is 0.486 e. The van der Waals surface area contributed by atoms with E-state index in [0.717, 1.165) is 40.5 Å². The average molecular weight is 319 g/mol. The Kier molecular flexibility index (Phi) is 4.22. The van der Waals surface area contributed by atoms with Gasteiger partial charge in [0.15, 0.2) is 5.13 Å².